The van der Waals surface area contributed by atoms with Crippen molar-refractivity contribution in [2.75, 3.05) is 11.9 Å². The maximum Gasteiger partial charge on any atom is 0.409 e. The lowest BCUT2D eigenvalue weighted by Crippen LogP contribution is -2.58. The molecule has 1 aliphatic rings. The highest BCUT2D eigenvalue weighted by molar-refractivity contribution is 6.38. The first-order valence-corrected chi connectivity index (χ1v) is 13.6. The summed E-state index contributed by atoms with van der Waals surface area (Å²) in [5.41, 5.74) is 1.23. The van der Waals surface area contributed by atoms with Crippen LogP contribution in [0.5, 0.6) is 0 Å². The van der Waals surface area contributed by atoms with Gasteiger partial charge in [-0.3, -0.25) is 14.5 Å². The van der Waals surface area contributed by atoms with Crippen molar-refractivity contribution in [1.29, 1.82) is 0 Å². The third-order valence-corrected chi connectivity index (χ3v) is 7.28. The highest BCUT2D eigenvalue weighted by Crippen LogP contribution is 2.37. The summed E-state index contributed by atoms with van der Waals surface area (Å²) in [5, 5.41) is 15.8. The minimum Gasteiger partial charge on any atom is -0.465 e. The van der Waals surface area contributed by atoms with Crippen LogP contribution in [0.1, 0.15) is 70.5 Å². The number of amides is 4. The van der Waals surface area contributed by atoms with Gasteiger partial charge in [-0.1, -0.05) is 70.0 Å². The summed E-state index contributed by atoms with van der Waals surface area (Å²) in [6, 6.07) is 10.8. The number of likely N-dealkylation sites (tertiary alicyclic amines) is 1. The van der Waals surface area contributed by atoms with Crippen molar-refractivity contribution in [3.8, 4) is 0 Å². The molecule has 2 aromatic carbocycles. The first-order chi connectivity index (χ1) is 18.8. The van der Waals surface area contributed by atoms with Crippen molar-refractivity contribution in [2.24, 2.45) is 5.41 Å². The summed E-state index contributed by atoms with van der Waals surface area (Å²) in [6.07, 6.45) is -0.839. The van der Waals surface area contributed by atoms with Crippen LogP contribution < -0.4 is 10.6 Å². The normalized spacial score (nSPS) is 17.6. The smallest absolute Gasteiger partial charge is 0.409 e. The minimum absolute atomic E-state index is 0.129. The van der Waals surface area contributed by atoms with Gasteiger partial charge in [-0.15, -0.1) is 0 Å². The van der Waals surface area contributed by atoms with E-state index in [-0.39, 0.29) is 25.1 Å². The molecule has 3 N–H and O–H groups in total. The van der Waals surface area contributed by atoms with Crippen molar-refractivity contribution in [2.45, 2.75) is 78.6 Å². The Morgan fingerprint density at radius 1 is 1.15 bits per heavy atom. The number of rotatable bonds is 10. The molecule has 1 fully saturated rings. The lowest BCUT2D eigenvalue weighted by Gasteiger charge is -2.37. The number of carbonyl (C=O) groups excluding carboxylic acids is 3. The van der Waals surface area contributed by atoms with Gasteiger partial charge in [-0.25, -0.2) is 14.0 Å². The number of nitrogens with zero attached hydrogens (tertiary/aromatic N) is 2. The van der Waals surface area contributed by atoms with Crippen LogP contribution in [0.15, 0.2) is 48.5 Å². The quantitative estimate of drug-likeness (QED) is 0.325. The third kappa shape index (κ3) is 7.37. The molecule has 9 nitrogen and oxygen atoms in total. The van der Waals surface area contributed by atoms with Gasteiger partial charge in [0.2, 0.25) is 5.78 Å². The van der Waals surface area contributed by atoms with Gasteiger partial charge in [0, 0.05) is 12.2 Å². The molecular formula is C30H39FN4O5. The molecule has 0 bridgehead atoms. The van der Waals surface area contributed by atoms with Gasteiger partial charge < -0.3 is 20.6 Å². The van der Waals surface area contributed by atoms with Crippen LogP contribution in [0.3, 0.4) is 0 Å². The summed E-state index contributed by atoms with van der Waals surface area (Å²) >= 11 is 0. The summed E-state index contributed by atoms with van der Waals surface area (Å²) < 4.78 is 13.9. The standard InChI is InChI=1S/C30H39FN4O5/c1-6-7-13-24(26(36)27(37)32-20(3)21-11-9-8-10-12-21)35(29(39)40)25-17-30(4,5)18-34(25)28(38)33-23-16-22(31)15-14-19(23)2/h8-12,14-16,20,24-25H,6-7,13,17-18H2,1-5H3,(H,32,37)(H,33,38)(H,39,40)/t20-,24+,25?/m1/s1. The van der Waals surface area contributed by atoms with E-state index in [2.05, 4.69) is 10.6 Å². The lowest BCUT2D eigenvalue weighted by molar-refractivity contribution is -0.142. The van der Waals surface area contributed by atoms with Crippen LogP contribution in [0.2, 0.25) is 0 Å². The van der Waals surface area contributed by atoms with Crippen LogP contribution in [-0.2, 0) is 9.59 Å². The molecule has 1 saturated heterocycles. The lowest BCUT2D eigenvalue weighted by atomic mass is 9.91. The van der Waals surface area contributed by atoms with E-state index in [0.717, 1.165) is 10.5 Å². The van der Waals surface area contributed by atoms with Crippen molar-refractivity contribution >= 4 is 29.5 Å². The number of benzene rings is 2. The van der Waals surface area contributed by atoms with Gasteiger partial charge in [0.1, 0.15) is 18.0 Å². The number of carboxylic acid groups (broad SMARTS) is 1. The number of urea groups is 1. The second-order valence-corrected chi connectivity index (χ2v) is 11.2. The number of Topliss-reactive ketones (excluding diaryl/α,β-unsaturated/α-hetero) is 1. The van der Waals surface area contributed by atoms with E-state index in [1.54, 1.807) is 13.8 Å². The van der Waals surface area contributed by atoms with Crippen molar-refractivity contribution in [1.82, 2.24) is 15.1 Å². The fourth-order valence-corrected chi connectivity index (χ4v) is 5.11. The summed E-state index contributed by atoms with van der Waals surface area (Å²) in [6.45, 7) is 9.38. The zero-order valence-electron chi connectivity index (χ0n) is 23.7. The van der Waals surface area contributed by atoms with Gasteiger partial charge >= 0.3 is 12.1 Å². The topological polar surface area (TPSA) is 119 Å². The van der Waals surface area contributed by atoms with Gasteiger partial charge in [0.15, 0.2) is 0 Å². The predicted octanol–water partition coefficient (Wildman–Crippen LogP) is 5.71. The molecule has 0 aromatic heterocycles. The van der Waals surface area contributed by atoms with E-state index >= 15 is 0 Å². The monoisotopic (exact) mass is 554 g/mol. The van der Waals surface area contributed by atoms with E-state index < -0.39 is 53.3 Å². The van der Waals surface area contributed by atoms with Crippen molar-refractivity contribution < 1.29 is 28.7 Å². The van der Waals surface area contributed by atoms with Crippen LogP contribution in [0, 0.1) is 18.2 Å². The number of nitrogens with one attached hydrogen (secondary N) is 2. The number of ketones is 1. The highest BCUT2D eigenvalue weighted by Gasteiger charge is 2.48. The van der Waals surface area contributed by atoms with Crippen molar-refractivity contribution in [3.05, 3.63) is 65.5 Å². The second-order valence-electron chi connectivity index (χ2n) is 11.2. The molecule has 2 aromatic rings. The zero-order valence-corrected chi connectivity index (χ0v) is 23.7. The molecule has 4 amide bonds. The van der Waals surface area contributed by atoms with Crippen LogP contribution in [0.25, 0.3) is 0 Å². The first kappa shape index (κ1) is 30.6. The highest BCUT2D eigenvalue weighted by atomic mass is 19.1. The van der Waals surface area contributed by atoms with Crippen LogP contribution >= 0.6 is 0 Å². The average Bonchev–Trinajstić information content (AvgIpc) is 3.23. The molecule has 0 radical (unpaired) electrons. The third-order valence-electron chi connectivity index (χ3n) is 7.28. The molecule has 1 heterocycles. The van der Waals surface area contributed by atoms with E-state index in [4.69, 9.17) is 0 Å². The maximum atomic E-state index is 13.9. The van der Waals surface area contributed by atoms with E-state index in [1.807, 2.05) is 51.1 Å². The maximum absolute atomic E-state index is 13.9. The summed E-state index contributed by atoms with van der Waals surface area (Å²) in [5.74, 6) is -2.27. The van der Waals surface area contributed by atoms with Gasteiger partial charge in [0.25, 0.3) is 5.91 Å². The largest absolute Gasteiger partial charge is 0.465 e. The molecule has 1 aliphatic heterocycles. The average molecular weight is 555 g/mol. The summed E-state index contributed by atoms with van der Waals surface area (Å²) in [4.78, 5) is 55.2. The number of unbranched alkanes of at least 4 members (excludes halogenated alkanes) is 1. The first-order valence-electron chi connectivity index (χ1n) is 13.6. The fraction of sp³-hybridized carbons (Fsp3) is 0.467. The van der Waals surface area contributed by atoms with E-state index in [1.165, 1.54) is 23.1 Å². The predicted molar refractivity (Wildman–Crippen MR) is 150 cm³/mol. The number of hydrogen-bond acceptors (Lipinski definition) is 4. The SMILES string of the molecule is CCCC[C@@H](C(=O)C(=O)N[C@H](C)c1ccccc1)N(C(=O)O)C1CC(C)(C)CN1C(=O)Nc1cc(F)ccc1C. The van der Waals surface area contributed by atoms with Gasteiger partial charge in [0.05, 0.1) is 6.04 Å². The fourth-order valence-electron chi connectivity index (χ4n) is 5.11. The second kappa shape index (κ2) is 12.9. The number of aryl methyl sites for hydroxylation is 1. The van der Waals surface area contributed by atoms with E-state index in [9.17, 15) is 28.7 Å². The van der Waals surface area contributed by atoms with E-state index in [0.29, 0.717) is 18.4 Å². The molecule has 3 rings (SSSR count). The van der Waals surface area contributed by atoms with Crippen LogP contribution in [-0.4, -0.2) is 57.5 Å². The minimum atomic E-state index is -1.40. The molecule has 0 spiro atoms. The molecule has 216 valence electrons. The number of halogens is 1. The Bertz CT molecular complexity index is 1240. The molecule has 3 atom stereocenters. The van der Waals surface area contributed by atoms with Crippen molar-refractivity contribution in [3.63, 3.8) is 0 Å². The summed E-state index contributed by atoms with van der Waals surface area (Å²) in [7, 11) is 0. The Morgan fingerprint density at radius 2 is 1.82 bits per heavy atom. The Balaban J connectivity index is 1.91. The molecule has 40 heavy (non-hydrogen) atoms. The molecule has 0 aliphatic carbocycles. The Hall–Kier alpha value is -3.95. The molecule has 0 saturated carbocycles. The van der Waals surface area contributed by atoms with Gasteiger partial charge in [-0.05, 0) is 55.4 Å². The molecule has 10 heteroatoms. The number of hydrogen-bond donors (Lipinski definition) is 3. The Kier molecular flexibility index (Phi) is 9.89. The van der Waals surface area contributed by atoms with Crippen LogP contribution in [0.4, 0.5) is 19.7 Å². The number of carbonyl (C=O) groups is 4. The molecule has 1 unspecified atom stereocenters. The Labute approximate surface area is 234 Å². The Morgan fingerprint density at radius 3 is 2.45 bits per heavy atom. The number of anilines is 1. The van der Waals surface area contributed by atoms with Gasteiger partial charge in [-0.2, -0.15) is 0 Å². The zero-order chi connectivity index (χ0) is 29.6. The molecular weight excluding hydrogens is 515 g/mol.